The van der Waals surface area contributed by atoms with Crippen LogP contribution in [0.3, 0.4) is 0 Å². The van der Waals surface area contributed by atoms with E-state index in [2.05, 4.69) is 10.6 Å². The Labute approximate surface area is 177 Å². The van der Waals surface area contributed by atoms with Crippen molar-refractivity contribution in [2.75, 3.05) is 44.6 Å². The summed E-state index contributed by atoms with van der Waals surface area (Å²) in [5, 5.41) is 5.80. The molecule has 156 valence electrons. The largest absolute Gasteiger partial charge is 0.496 e. The van der Waals surface area contributed by atoms with Crippen molar-refractivity contribution < 1.29 is 14.3 Å². The second-order valence-corrected chi connectivity index (χ2v) is 7.92. The van der Waals surface area contributed by atoms with Crippen molar-refractivity contribution in [1.29, 1.82) is 0 Å². The van der Waals surface area contributed by atoms with E-state index in [4.69, 9.17) is 4.74 Å². The summed E-state index contributed by atoms with van der Waals surface area (Å²) in [6.45, 7) is 2.43. The Kier molecular flexibility index (Phi) is 9.02. The molecular formula is C22H29N3O3S. The molecule has 2 amide bonds. The summed E-state index contributed by atoms with van der Waals surface area (Å²) >= 11 is 1.29. The van der Waals surface area contributed by atoms with Gasteiger partial charge in [0.1, 0.15) is 5.75 Å². The molecule has 0 saturated heterocycles. The fourth-order valence-electron chi connectivity index (χ4n) is 2.93. The molecule has 0 aliphatic carbocycles. The minimum atomic E-state index is -0.117. The Morgan fingerprint density at radius 1 is 1.07 bits per heavy atom. The molecule has 0 fully saturated rings. The van der Waals surface area contributed by atoms with Crippen LogP contribution >= 0.6 is 11.8 Å². The second-order valence-electron chi connectivity index (χ2n) is 6.94. The highest BCUT2D eigenvalue weighted by atomic mass is 32.2. The lowest BCUT2D eigenvalue weighted by Crippen LogP contribution is -2.35. The third-order valence-corrected chi connectivity index (χ3v) is 5.31. The Morgan fingerprint density at radius 2 is 1.79 bits per heavy atom. The zero-order valence-electron chi connectivity index (χ0n) is 17.4. The van der Waals surface area contributed by atoms with Crippen LogP contribution in [0.1, 0.15) is 17.2 Å². The molecule has 7 heteroatoms. The van der Waals surface area contributed by atoms with E-state index in [0.29, 0.717) is 6.54 Å². The number of hydrogen-bond donors (Lipinski definition) is 2. The summed E-state index contributed by atoms with van der Waals surface area (Å²) in [5.41, 5.74) is 2.87. The van der Waals surface area contributed by atoms with Gasteiger partial charge < -0.3 is 20.3 Å². The normalized spacial score (nSPS) is 11.8. The molecule has 6 nitrogen and oxygen atoms in total. The third-order valence-electron chi connectivity index (χ3n) is 4.38. The van der Waals surface area contributed by atoms with Gasteiger partial charge in [-0.2, -0.15) is 0 Å². The van der Waals surface area contributed by atoms with Crippen molar-refractivity contribution in [3.63, 3.8) is 0 Å². The standard InChI is InChI=1S/C22H29N3O3S/c1-16-8-7-9-17(12-16)24-22(27)15-29-14-21(26)23-13-19(25(2)3)18-10-5-6-11-20(18)28-4/h5-12,19H,13-15H2,1-4H3,(H,23,26)(H,24,27). The summed E-state index contributed by atoms with van der Waals surface area (Å²) in [6, 6.07) is 15.4. The number of amides is 2. The van der Waals surface area contributed by atoms with Crippen LogP contribution in [0.4, 0.5) is 5.69 Å². The number of nitrogens with one attached hydrogen (secondary N) is 2. The number of para-hydroxylation sites is 1. The lowest BCUT2D eigenvalue weighted by Gasteiger charge is -2.26. The molecule has 29 heavy (non-hydrogen) atoms. The summed E-state index contributed by atoms with van der Waals surface area (Å²) in [6.07, 6.45) is 0. The fraction of sp³-hybridized carbons (Fsp3) is 0.364. The number of thioether (sulfide) groups is 1. The highest BCUT2D eigenvalue weighted by Gasteiger charge is 2.19. The van der Waals surface area contributed by atoms with Gasteiger partial charge in [0.15, 0.2) is 0 Å². The van der Waals surface area contributed by atoms with E-state index in [-0.39, 0.29) is 29.4 Å². The van der Waals surface area contributed by atoms with Crippen LogP contribution in [0.2, 0.25) is 0 Å². The topological polar surface area (TPSA) is 70.7 Å². The number of likely N-dealkylation sites (N-methyl/N-ethyl adjacent to an activating group) is 1. The number of anilines is 1. The van der Waals surface area contributed by atoms with Crippen molar-refractivity contribution in [3.05, 3.63) is 59.7 Å². The van der Waals surface area contributed by atoms with Gasteiger partial charge >= 0.3 is 0 Å². The first-order valence-electron chi connectivity index (χ1n) is 9.41. The first-order valence-corrected chi connectivity index (χ1v) is 10.6. The van der Waals surface area contributed by atoms with Crippen molar-refractivity contribution in [1.82, 2.24) is 10.2 Å². The van der Waals surface area contributed by atoms with Gasteiger partial charge in [0.25, 0.3) is 0 Å². The summed E-state index contributed by atoms with van der Waals surface area (Å²) in [4.78, 5) is 26.3. The van der Waals surface area contributed by atoms with Crippen LogP contribution in [0.5, 0.6) is 5.75 Å². The van der Waals surface area contributed by atoms with Gasteiger partial charge in [0.05, 0.1) is 24.7 Å². The first-order chi connectivity index (χ1) is 13.9. The smallest absolute Gasteiger partial charge is 0.234 e. The van der Waals surface area contributed by atoms with Gasteiger partial charge in [-0.1, -0.05) is 30.3 Å². The van der Waals surface area contributed by atoms with E-state index in [1.54, 1.807) is 7.11 Å². The number of ether oxygens (including phenoxy) is 1. The molecule has 0 spiro atoms. The highest BCUT2D eigenvalue weighted by molar-refractivity contribution is 8.00. The van der Waals surface area contributed by atoms with Gasteiger partial charge in [0, 0.05) is 17.8 Å². The average molecular weight is 416 g/mol. The Hall–Kier alpha value is -2.51. The molecule has 2 rings (SSSR count). The van der Waals surface area contributed by atoms with Gasteiger partial charge in [-0.05, 0) is 44.8 Å². The molecule has 0 radical (unpaired) electrons. The third kappa shape index (κ3) is 7.44. The van der Waals surface area contributed by atoms with Crippen LogP contribution in [0.15, 0.2) is 48.5 Å². The maximum Gasteiger partial charge on any atom is 0.234 e. The minimum Gasteiger partial charge on any atom is -0.496 e. The molecule has 0 aliphatic heterocycles. The molecule has 2 aromatic rings. The first kappa shape index (κ1) is 22.8. The minimum absolute atomic E-state index is 0.00952. The average Bonchev–Trinajstić information content (AvgIpc) is 2.68. The summed E-state index contributed by atoms with van der Waals surface area (Å²) in [5.74, 6) is 1.04. The zero-order chi connectivity index (χ0) is 21.2. The SMILES string of the molecule is COc1ccccc1C(CNC(=O)CSCC(=O)Nc1cccc(C)c1)N(C)C. The molecule has 0 aliphatic rings. The Bertz CT molecular complexity index is 826. The fourth-order valence-corrected chi connectivity index (χ4v) is 3.58. The zero-order valence-corrected chi connectivity index (χ0v) is 18.2. The van der Waals surface area contributed by atoms with Crippen molar-refractivity contribution in [2.45, 2.75) is 13.0 Å². The number of carbonyl (C=O) groups excluding carboxylic acids is 2. The number of methoxy groups -OCH3 is 1. The molecule has 1 atom stereocenters. The molecule has 0 heterocycles. The van der Waals surface area contributed by atoms with E-state index in [1.807, 2.05) is 74.4 Å². The monoisotopic (exact) mass is 415 g/mol. The van der Waals surface area contributed by atoms with Gasteiger partial charge in [-0.3, -0.25) is 9.59 Å². The van der Waals surface area contributed by atoms with Crippen LogP contribution in [-0.4, -0.2) is 56.0 Å². The van der Waals surface area contributed by atoms with Crippen LogP contribution in [-0.2, 0) is 9.59 Å². The molecular weight excluding hydrogens is 386 g/mol. The van der Waals surface area contributed by atoms with E-state index in [0.717, 1.165) is 22.6 Å². The van der Waals surface area contributed by atoms with E-state index < -0.39 is 0 Å². The lowest BCUT2D eigenvalue weighted by molar-refractivity contribution is -0.118. The van der Waals surface area contributed by atoms with Crippen molar-refractivity contribution >= 4 is 29.3 Å². The van der Waals surface area contributed by atoms with Crippen LogP contribution < -0.4 is 15.4 Å². The van der Waals surface area contributed by atoms with Crippen molar-refractivity contribution in [3.8, 4) is 5.75 Å². The summed E-state index contributed by atoms with van der Waals surface area (Å²) in [7, 11) is 5.57. The number of nitrogens with zero attached hydrogens (tertiary/aromatic N) is 1. The molecule has 0 saturated carbocycles. The van der Waals surface area contributed by atoms with Gasteiger partial charge in [0.2, 0.25) is 11.8 Å². The maximum absolute atomic E-state index is 12.2. The maximum atomic E-state index is 12.2. The van der Waals surface area contributed by atoms with Gasteiger partial charge in [-0.15, -0.1) is 11.8 Å². The van der Waals surface area contributed by atoms with E-state index in [9.17, 15) is 9.59 Å². The van der Waals surface area contributed by atoms with Crippen LogP contribution in [0.25, 0.3) is 0 Å². The molecule has 2 aromatic carbocycles. The Morgan fingerprint density at radius 3 is 2.48 bits per heavy atom. The predicted molar refractivity (Wildman–Crippen MR) is 120 cm³/mol. The second kappa shape index (κ2) is 11.5. The predicted octanol–water partition coefficient (Wildman–Crippen LogP) is 3.09. The lowest BCUT2D eigenvalue weighted by atomic mass is 10.0. The molecule has 0 aromatic heterocycles. The number of rotatable bonds is 10. The van der Waals surface area contributed by atoms with E-state index >= 15 is 0 Å². The van der Waals surface area contributed by atoms with Gasteiger partial charge in [-0.25, -0.2) is 0 Å². The summed E-state index contributed by atoms with van der Waals surface area (Å²) < 4.78 is 5.44. The molecule has 2 N–H and O–H groups in total. The quantitative estimate of drug-likeness (QED) is 0.624. The highest BCUT2D eigenvalue weighted by Crippen LogP contribution is 2.27. The number of carbonyl (C=O) groups is 2. The molecule has 1 unspecified atom stereocenters. The number of benzene rings is 2. The Balaban J connectivity index is 1.78. The number of aryl methyl sites for hydroxylation is 1. The molecule has 0 bridgehead atoms. The van der Waals surface area contributed by atoms with E-state index in [1.165, 1.54) is 11.8 Å². The van der Waals surface area contributed by atoms with Crippen molar-refractivity contribution in [2.24, 2.45) is 0 Å². The van der Waals surface area contributed by atoms with Crippen LogP contribution in [0, 0.1) is 6.92 Å². The number of hydrogen-bond acceptors (Lipinski definition) is 5.